The highest BCUT2D eigenvalue weighted by Crippen LogP contribution is 2.66. The minimum Gasteiger partial charge on any atom is -0.457 e. The summed E-state index contributed by atoms with van der Waals surface area (Å²) in [5.41, 5.74) is -2.85. The second kappa shape index (κ2) is 22.1. The van der Waals surface area contributed by atoms with Crippen LogP contribution in [0.3, 0.4) is 0 Å². The van der Waals surface area contributed by atoms with Crippen molar-refractivity contribution in [3.63, 3.8) is 0 Å². The number of rotatable bonds is 14. The molecule has 2 saturated carbocycles. The lowest BCUT2D eigenvalue weighted by molar-refractivity contribution is -0.185. The molecule has 3 unspecified atom stereocenters. The number of thiophene rings is 4. The SMILES string of the molecule is O=C1C(=Nc2cc3c(s2)-c2sc4c5c(sc4c2OC3(C(=O)OCc2ccccc2)C(=O)OCc2ccccc2)-c2sc(N=C3C(=O)C4CCCCC4C3=O)cc2C(C(=O)OCc2ccccc2)(C(=O)OCc2ccccc2)O5)C(O)c2ccccc21. The highest BCUT2D eigenvalue weighted by Gasteiger charge is 2.62. The third kappa shape index (κ3) is 9.21. The summed E-state index contributed by atoms with van der Waals surface area (Å²) in [5.74, 6) is -6.77. The van der Waals surface area contributed by atoms with E-state index in [4.69, 9.17) is 38.4 Å². The molecule has 86 heavy (non-hydrogen) atoms. The molecular weight excluding hydrogens is 1170 g/mol. The van der Waals surface area contributed by atoms with Crippen molar-refractivity contribution in [1.29, 1.82) is 0 Å². The minimum absolute atomic E-state index is 0.00601. The summed E-state index contributed by atoms with van der Waals surface area (Å²) in [6.45, 7) is -1.14. The van der Waals surface area contributed by atoms with Crippen LogP contribution in [-0.2, 0) is 85.3 Å². The Morgan fingerprint density at radius 1 is 0.488 bits per heavy atom. The van der Waals surface area contributed by atoms with Gasteiger partial charge < -0.3 is 33.5 Å². The van der Waals surface area contributed by atoms with Gasteiger partial charge in [-0.05, 0) is 52.8 Å². The van der Waals surface area contributed by atoms with Crippen molar-refractivity contribution < 1.29 is 67.1 Å². The topological polar surface area (TPSA) is 220 Å². The van der Waals surface area contributed by atoms with E-state index in [2.05, 4.69) is 0 Å². The zero-order valence-electron chi connectivity index (χ0n) is 45.2. The number of Topliss-reactive ketones (excluding diaryl/α,β-unsaturated/α-hetero) is 3. The van der Waals surface area contributed by atoms with Crippen LogP contribution in [0.4, 0.5) is 10.0 Å². The van der Waals surface area contributed by atoms with Crippen LogP contribution in [-0.4, -0.2) is 57.8 Å². The van der Waals surface area contributed by atoms with Crippen LogP contribution in [0, 0.1) is 11.8 Å². The van der Waals surface area contributed by atoms with Crippen LogP contribution in [0.2, 0.25) is 0 Å². The van der Waals surface area contributed by atoms with Gasteiger partial charge in [-0.2, -0.15) is 0 Å². The summed E-state index contributed by atoms with van der Waals surface area (Å²) >= 11 is 4.25. The zero-order valence-corrected chi connectivity index (χ0v) is 48.4. The molecule has 0 spiro atoms. The fourth-order valence-electron chi connectivity index (χ4n) is 11.6. The van der Waals surface area contributed by atoms with Gasteiger partial charge in [0.2, 0.25) is 5.78 Å². The summed E-state index contributed by atoms with van der Waals surface area (Å²) in [7, 11) is 0. The molecule has 9 aromatic rings. The van der Waals surface area contributed by atoms with Gasteiger partial charge in [0.15, 0.2) is 28.8 Å². The summed E-state index contributed by atoms with van der Waals surface area (Å²) in [5, 5.41) is 11.8. The number of hydrogen-bond acceptors (Lipinski definition) is 20. The van der Waals surface area contributed by atoms with Crippen LogP contribution in [0.5, 0.6) is 11.5 Å². The minimum atomic E-state index is -2.72. The number of nitrogens with zero attached hydrogens (tertiary/aromatic N) is 2. The zero-order chi connectivity index (χ0) is 58.8. The first-order valence-electron chi connectivity index (χ1n) is 27.6. The standard InChI is InChI=1S/C66H46N2O14S4/c69-49-39-25-13-14-26-40(39)50(70)47(49)67-45-29-43-55(83-45)57-53(81-65(43,61(73)77-31-35-17-5-1-6-18-35)62(74)78-32-36-19-7-2-8-20-36)59-60(85-57)54-58(86-59)56-44(30-46(84-56)68-48-51(71)41-27-15-16-28-42(41)52(48)72)66(82-54,63(75)79-33-37-21-9-3-10-22-37)64(76)80-34-38-23-11-4-12-24-38/h1-14,17-26,29-30,41-42,49,69H,15-16,27-28,31-34H2. The van der Waals surface area contributed by atoms with Gasteiger partial charge in [-0.3, -0.25) is 14.4 Å². The molecule has 0 amide bonds. The average molecular weight is 1220 g/mol. The maximum absolute atomic E-state index is 15.4. The van der Waals surface area contributed by atoms with E-state index in [-0.39, 0.29) is 92.5 Å². The Hall–Kier alpha value is -9.05. The number of carbonyl (C=O) groups is 7. The van der Waals surface area contributed by atoms with Gasteiger partial charge in [0, 0.05) is 28.5 Å². The fraction of sp³-hybridized carbons (Fsp3) is 0.197. The number of benzene rings is 5. The number of fused-ring (bicyclic) bond motifs is 11. The van der Waals surface area contributed by atoms with Gasteiger partial charge in [0.1, 0.15) is 48.2 Å². The third-order valence-corrected chi connectivity index (χ3v) is 20.8. The predicted octanol–water partition coefficient (Wildman–Crippen LogP) is 12.6. The highest BCUT2D eigenvalue weighted by atomic mass is 32.1. The van der Waals surface area contributed by atoms with Crippen LogP contribution in [0.15, 0.2) is 168 Å². The van der Waals surface area contributed by atoms with Crippen molar-refractivity contribution in [2.24, 2.45) is 21.8 Å². The smallest absolute Gasteiger partial charge is 0.367 e. The third-order valence-electron chi connectivity index (χ3n) is 15.9. The first kappa shape index (κ1) is 54.9. The van der Waals surface area contributed by atoms with Gasteiger partial charge in [0.25, 0.3) is 0 Å². The molecule has 0 saturated heterocycles. The van der Waals surface area contributed by atoms with Crippen LogP contribution in [0.1, 0.15) is 81.1 Å². The van der Waals surface area contributed by atoms with E-state index in [1.54, 1.807) is 146 Å². The van der Waals surface area contributed by atoms with E-state index in [9.17, 15) is 19.5 Å². The van der Waals surface area contributed by atoms with Crippen molar-refractivity contribution in [3.8, 4) is 31.0 Å². The summed E-state index contributed by atoms with van der Waals surface area (Å²) < 4.78 is 38.9. The molecule has 20 heteroatoms. The number of aliphatic imine (C=N–C) groups is 2. The monoisotopic (exact) mass is 1220 g/mol. The average Bonchev–Trinajstić information content (AvgIpc) is 1.54. The van der Waals surface area contributed by atoms with Crippen molar-refractivity contribution in [2.45, 2.75) is 69.4 Å². The summed E-state index contributed by atoms with van der Waals surface area (Å²) in [6, 6.07) is 44.9. The molecule has 4 aromatic heterocycles. The Morgan fingerprint density at radius 3 is 1.26 bits per heavy atom. The number of aliphatic hydroxyl groups excluding tert-OH is 1. The summed E-state index contributed by atoms with van der Waals surface area (Å²) in [6.07, 6.45) is 1.33. The highest BCUT2D eigenvalue weighted by molar-refractivity contribution is 7.35. The van der Waals surface area contributed by atoms with E-state index in [1.165, 1.54) is 12.1 Å². The van der Waals surface area contributed by atoms with Crippen molar-refractivity contribution in [1.82, 2.24) is 0 Å². The van der Waals surface area contributed by atoms with E-state index in [0.717, 1.165) is 58.2 Å². The van der Waals surface area contributed by atoms with Gasteiger partial charge in [0.05, 0.1) is 28.9 Å². The number of ketones is 3. The Balaban J connectivity index is 0.963. The van der Waals surface area contributed by atoms with Crippen molar-refractivity contribution in [2.75, 3.05) is 0 Å². The van der Waals surface area contributed by atoms with E-state index in [0.29, 0.717) is 64.7 Å². The maximum Gasteiger partial charge on any atom is 0.367 e. The molecule has 5 aromatic carbocycles. The Bertz CT molecular complexity index is 4200. The number of carbonyl (C=O) groups excluding carboxylic acids is 7. The first-order valence-corrected chi connectivity index (χ1v) is 30.9. The second-order valence-electron chi connectivity index (χ2n) is 21.1. The van der Waals surface area contributed by atoms with Crippen LogP contribution >= 0.6 is 45.3 Å². The number of hydrogen-bond donors (Lipinski definition) is 1. The summed E-state index contributed by atoms with van der Waals surface area (Å²) in [4.78, 5) is 114. The Kier molecular flexibility index (Phi) is 14.1. The molecule has 0 bridgehead atoms. The molecule has 0 radical (unpaired) electrons. The molecule has 5 aliphatic rings. The van der Waals surface area contributed by atoms with Crippen LogP contribution in [0.25, 0.3) is 28.9 Å². The molecule has 1 N–H and O–H groups in total. The molecule has 14 rings (SSSR count). The maximum atomic E-state index is 15.4. The van der Waals surface area contributed by atoms with Gasteiger partial charge >= 0.3 is 35.1 Å². The lowest BCUT2D eigenvalue weighted by Gasteiger charge is -2.33. The largest absolute Gasteiger partial charge is 0.457 e. The molecule has 2 fully saturated rings. The molecule has 16 nitrogen and oxygen atoms in total. The van der Waals surface area contributed by atoms with Gasteiger partial charge in [-0.1, -0.05) is 158 Å². The molecule has 428 valence electrons. The fourth-order valence-corrected chi connectivity index (χ4v) is 16.7. The molecule has 3 aliphatic carbocycles. The first-order chi connectivity index (χ1) is 41.9. The molecule has 2 aliphatic heterocycles. The van der Waals surface area contributed by atoms with E-state index >= 15 is 19.2 Å². The number of aliphatic hydroxyl groups is 1. The molecule has 6 heterocycles. The van der Waals surface area contributed by atoms with Gasteiger partial charge in [-0.15, -0.1) is 45.3 Å². The van der Waals surface area contributed by atoms with E-state index < -0.39 is 58.8 Å². The predicted molar refractivity (Wildman–Crippen MR) is 321 cm³/mol. The second-order valence-corrected chi connectivity index (χ2v) is 25.3. The molecule has 3 atom stereocenters. The normalized spacial score (nSPS) is 18.8. The van der Waals surface area contributed by atoms with Crippen LogP contribution < -0.4 is 9.47 Å². The van der Waals surface area contributed by atoms with Gasteiger partial charge in [-0.25, -0.2) is 29.2 Å². The lowest BCUT2D eigenvalue weighted by Crippen LogP contribution is -2.52. The number of esters is 4. The number of ether oxygens (including phenoxy) is 6. The van der Waals surface area contributed by atoms with E-state index in [1.807, 2.05) is 0 Å². The molecular formula is C66H46N2O14S4. The lowest BCUT2D eigenvalue weighted by atomic mass is 9.81. The Morgan fingerprint density at radius 2 is 0.860 bits per heavy atom. The Labute approximate surface area is 505 Å². The van der Waals surface area contributed by atoms with Crippen molar-refractivity contribution in [3.05, 3.63) is 202 Å². The quantitative estimate of drug-likeness (QED) is 0.0608. The van der Waals surface area contributed by atoms with Crippen molar-refractivity contribution >= 4 is 117 Å².